The molecule has 2 aromatic rings. The third-order valence-electron chi connectivity index (χ3n) is 7.31. The Bertz CT molecular complexity index is 1380. The van der Waals surface area contributed by atoms with E-state index in [1.165, 1.54) is 24.3 Å². The van der Waals surface area contributed by atoms with Gasteiger partial charge in [0, 0.05) is 12.8 Å². The fraction of sp³-hybridized carbons (Fsp3) is 0.412. The minimum Gasteiger partial charge on any atom is -0.462 e. The number of halogens is 6. The van der Waals surface area contributed by atoms with Crippen LogP contribution in [0.3, 0.4) is 0 Å². The van der Waals surface area contributed by atoms with E-state index in [4.69, 9.17) is 18.9 Å². The van der Waals surface area contributed by atoms with Gasteiger partial charge < -0.3 is 28.4 Å². The lowest BCUT2D eigenvalue weighted by molar-refractivity contribution is -0.158. The first-order chi connectivity index (χ1) is 23.5. The summed E-state index contributed by atoms with van der Waals surface area (Å²) in [5.74, 6) is -3.59. The molecule has 2 aromatic carbocycles. The van der Waals surface area contributed by atoms with Crippen LogP contribution in [0.1, 0.15) is 49.7 Å². The van der Waals surface area contributed by atoms with E-state index in [0.29, 0.717) is 38.5 Å². The highest BCUT2D eigenvalue weighted by Gasteiger charge is 2.39. The van der Waals surface area contributed by atoms with Crippen LogP contribution < -0.4 is 9.47 Å². The van der Waals surface area contributed by atoms with Gasteiger partial charge in [-0.3, -0.25) is 9.59 Å². The first-order valence-electron chi connectivity index (χ1n) is 15.2. The zero-order valence-electron chi connectivity index (χ0n) is 26.6. The average molecular weight is 717 g/mol. The van der Waals surface area contributed by atoms with Crippen molar-refractivity contribution < 1.29 is 73.9 Å². The van der Waals surface area contributed by atoms with Crippen molar-refractivity contribution in [2.45, 2.75) is 75.9 Å². The highest BCUT2D eigenvalue weighted by Crippen LogP contribution is 2.27. The van der Waals surface area contributed by atoms with Gasteiger partial charge in [0.05, 0.1) is 0 Å². The van der Waals surface area contributed by atoms with Crippen molar-refractivity contribution in [2.75, 3.05) is 13.6 Å². The Morgan fingerprint density at radius 2 is 0.900 bits per heavy atom. The predicted octanol–water partition coefficient (Wildman–Crippen LogP) is 6.65. The van der Waals surface area contributed by atoms with E-state index in [1.54, 1.807) is 24.3 Å². The molecule has 16 heteroatoms. The maximum Gasteiger partial charge on any atom is 0.422 e. The summed E-state index contributed by atoms with van der Waals surface area (Å²) in [5, 5.41) is 0. The van der Waals surface area contributed by atoms with E-state index in [1.807, 2.05) is 0 Å². The topological polar surface area (TPSA) is 124 Å². The Hall–Kier alpha value is -5.02. The first-order valence-corrected chi connectivity index (χ1v) is 15.2. The van der Waals surface area contributed by atoms with E-state index in [9.17, 15) is 45.5 Å². The molecule has 0 N–H and O–H groups in total. The number of aryl methyl sites for hydroxylation is 2. The molecule has 0 aromatic heterocycles. The number of carbonyl (C=O) groups excluding carboxylic acids is 4. The van der Waals surface area contributed by atoms with Gasteiger partial charge in [0.1, 0.15) is 34.9 Å². The van der Waals surface area contributed by atoms with Crippen LogP contribution in [0.5, 0.6) is 11.5 Å². The summed E-state index contributed by atoms with van der Waals surface area (Å²) in [4.78, 5) is 47.4. The van der Waals surface area contributed by atoms with Crippen molar-refractivity contribution >= 4 is 23.9 Å². The molecule has 0 spiro atoms. The number of benzene rings is 2. The second-order valence-corrected chi connectivity index (χ2v) is 11.0. The summed E-state index contributed by atoms with van der Waals surface area (Å²) in [5.41, 5.74) is -1.74. The van der Waals surface area contributed by atoms with Gasteiger partial charge in [0.2, 0.25) is 13.6 Å². The molecule has 3 rings (SSSR count). The minimum atomic E-state index is -4.90. The monoisotopic (exact) mass is 716 g/mol. The molecule has 1 aliphatic carbocycles. The van der Waals surface area contributed by atoms with Crippen LogP contribution in [-0.2, 0) is 51.0 Å². The Morgan fingerprint density at radius 1 is 0.580 bits per heavy atom. The van der Waals surface area contributed by atoms with Gasteiger partial charge in [0.15, 0.2) is 0 Å². The SMILES string of the molecule is C=C(C(=O)OCOc1ccc(CCC(=O)OC2CCC(OC(=O)CCc3ccc(OCOC(=O)C(=C)C(F)(F)F)cc3)CC2)cc1)C(F)(F)F. The van der Waals surface area contributed by atoms with Crippen LogP contribution >= 0.6 is 0 Å². The quantitative estimate of drug-likeness (QED) is 0.0614. The Kier molecular flexibility index (Phi) is 14.3. The normalized spacial score (nSPS) is 16.0. The third-order valence-corrected chi connectivity index (χ3v) is 7.31. The summed E-state index contributed by atoms with van der Waals surface area (Å²) in [6, 6.07) is 12.6. The summed E-state index contributed by atoms with van der Waals surface area (Å²) in [7, 11) is 0. The van der Waals surface area contributed by atoms with Gasteiger partial charge in [-0.25, -0.2) is 9.59 Å². The van der Waals surface area contributed by atoms with Crippen molar-refractivity contribution in [2.24, 2.45) is 0 Å². The molecule has 0 saturated heterocycles. The number of esters is 4. The molecular formula is C34H34F6O10. The highest BCUT2D eigenvalue weighted by atomic mass is 19.4. The van der Waals surface area contributed by atoms with Gasteiger partial charge in [-0.2, -0.15) is 26.3 Å². The molecule has 0 heterocycles. The molecule has 1 saturated carbocycles. The minimum absolute atomic E-state index is 0.102. The van der Waals surface area contributed by atoms with Gasteiger partial charge in [-0.05, 0) is 73.9 Å². The molecule has 0 atom stereocenters. The van der Waals surface area contributed by atoms with Gasteiger partial charge in [0.25, 0.3) is 0 Å². The number of alkyl halides is 6. The number of ether oxygens (including phenoxy) is 6. The fourth-order valence-electron chi connectivity index (χ4n) is 4.46. The molecule has 0 amide bonds. The summed E-state index contributed by atoms with van der Waals surface area (Å²) < 4.78 is 105. The molecule has 272 valence electrons. The lowest BCUT2D eigenvalue weighted by Gasteiger charge is -2.28. The van der Waals surface area contributed by atoms with Crippen molar-refractivity contribution in [1.29, 1.82) is 0 Å². The van der Waals surface area contributed by atoms with Crippen molar-refractivity contribution in [3.8, 4) is 11.5 Å². The highest BCUT2D eigenvalue weighted by molar-refractivity contribution is 5.89. The van der Waals surface area contributed by atoms with Crippen molar-refractivity contribution in [3.05, 3.63) is 84.0 Å². The molecular weight excluding hydrogens is 682 g/mol. The standard InChI is InChI=1S/C34H34F6O10/c1-21(33(35,36)37)31(43)47-19-45-25-9-3-23(4-10-25)7-17-29(41)49-27-13-15-28(16-14-27)50-30(42)18-8-24-5-11-26(12-6-24)46-20-48-32(44)22(2)34(38,39)40/h3-6,9-12,27-28H,1-2,7-8,13-20H2. The molecule has 0 bridgehead atoms. The second-order valence-electron chi connectivity index (χ2n) is 11.0. The second kappa shape index (κ2) is 18.1. The molecule has 0 unspecified atom stereocenters. The van der Waals surface area contributed by atoms with Gasteiger partial charge in [-0.1, -0.05) is 37.4 Å². The Labute approximate surface area is 282 Å². The zero-order valence-corrected chi connectivity index (χ0v) is 26.6. The van der Waals surface area contributed by atoms with Crippen LogP contribution in [0.4, 0.5) is 26.3 Å². The maximum absolute atomic E-state index is 12.4. The molecule has 10 nitrogen and oxygen atoms in total. The predicted molar refractivity (Wildman–Crippen MR) is 161 cm³/mol. The average Bonchev–Trinajstić information content (AvgIpc) is 3.06. The van der Waals surface area contributed by atoms with Gasteiger partial charge >= 0.3 is 36.2 Å². The third kappa shape index (κ3) is 13.5. The van der Waals surface area contributed by atoms with Crippen LogP contribution in [0.15, 0.2) is 72.8 Å². The number of hydrogen-bond acceptors (Lipinski definition) is 10. The first kappa shape index (κ1) is 39.4. The summed E-state index contributed by atoms with van der Waals surface area (Å²) in [6.07, 6.45) is -7.38. The van der Waals surface area contributed by atoms with E-state index >= 15 is 0 Å². The number of hydrogen-bond donors (Lipinski definition) is 0. The summed E-state index contributed by atoms with van der Waals surface area (Å²) in [6.45, 7) is 3.80. The lowest BCUT2D eigenvalue weighted by Crippen LogP contribution is -2.29. The van der Waals surface area contributed by atoms with Crippen molar-refractivity contribution in [3.63, 3.8) is 0 Å². The fourth-order valence-corrected chi connectivity index (χ4v) is 4.46. The van der Waals surface area contributed by atoms with E-state index in [2.05, 4.69) is 22.6 Å². The lowest BCUT2D eigenvalue weighted by atomic mass is 9.95. The van der Waals surface area contributed by atoms with Crippen LogP contribution in [0, 0.1) is 0 Å². The number of carbonyl (C=O) groups is 4. The van der Waals surface area contributed by atoms with E-state index in [-0.39, 0.29) is 36.5 Å². The van der Waals surface area contributed by atoms with E-state index in [0.717, 1.165) is 11.1 Å². The van der Waals surface area contributed by atoms with Gasteiger partial charge in [-0.15, -0.1) is 0 Å². The largest absolute Gasteiger partial charge is 0.462 e. The smallest absolute Gasteiger partial charge is 0.422 e. The van der Waals surface area contributed by atoms with Crippen LogP contribution in [0.25, 0.3) is 0 Å². The Balaban J connectivity index is 1.26. The van der Waals surface area contributed by atoms with Crippen molar-refractivity contribution in [1.82, 2.24) is 0 Å². The summed E-state index contributed by atoms with van der Waals surface area (Å²) >= 11 is 0. The Morgan fingerprint density at radius 3 is 1.20 bits per heavy atom. The van der Waals surface area contributed by atoms with E-state index < -0.39 is 61.0 Å². The molecule has 1 fully saturated rings. The molecule has 0 aliphatic heterocycles. The number of rotatable bonds is 16. The molecule has 50 heavy (non-hydrogen) atoms. The van der Waals surface area contributed by atoms with Crippen LogP contribution in [-0.4, -0.2) is 62.0 Å². The zero-order chi connectivity index (χ0) is 36.9. The maximum atomic E-state index is 12.4. The molecule has 0 radical (unpaired) electrons. The molecule has 1 aliphatic rings. The van der Waals surface area contributed by atoms with Crippen LogP contribution in [0.2, 0.25) is 0 Å².